The predicted molar refractivity (Wildman–Crippen MR) is 95.8 cm³/mol. The van der Waals surface area contributed by atoms with Crippen LogP contribution in [0.1, 0.15) is 18.9 Å². The van der Waals surface area contributed by atoms with E-state index in [1.54, 1.807) is 4.31 Å². The highest BCUT2D eigenvalue weighted by molar-refractivity contribution is 7.89. The molecule has 2 aromatic rings. The van der Waals surface area contributed by atoms with Crippen molar-refractivity contribution < 1.29 is 8.42 Å². The van der Waals surface area contributed by atoms with Gasteiger partial charge in [0.2, 0.25) is 10.0 Å². The van der Waals surface area contributed by atoms with E-state index in [-0.39, 0.29) is 16.1 Å². The maximum Gasteiger partial charge on any atom is 0.245 e. The lowest BCUT2D eigenvalue weighted by atomic mass is 10.1. The van der Waals surface area contributed by atoms with E-state index in [1.165, 1.54) is 18.3 Å². The number of fused-ring (bicyclic) bond motifs is 1. The average molecular weight is 366 g/mol. The van der Waals surface area contributed by atoms with Gasteiger partial charge in [-0.2, -0.15) is 4.31 Å². The number of nitrogens with zero attached hydrogens (tertiary/aromatic N) is 3. The fourth-order valence-corrected chi connectivity index (χ4v) is 4.81. The summed E-state index contributed by atoms with van der Waals surface area (Å²) in [5.74, 6) is 0. The van der Waals surface area contributed by atoms with Gasteiger partial charge in [0.05, 0.1) is 0 Å². The summed E-state index contributed by atoms with van der Waals surface area (Å²) in [6, 6.07) is 10.8. The Morgan fingerprint density at radius 1 is 1.25 bits per heavy atom. The zero-order valence-corrected chi connectivity index (χ0v) is 15.3. The van der Waals surface area contributed by atoms with Gasteiger partial charge in [0.25, 0.3) is 0 Å². The number of pyridine rings is 1. The summed E-state index contributed by atoms with van der Waals surface area (Å²) in [5.41, 5.74) is 2.07. The molecule has 0 aliphatic carbocycles. The van der Waals surface area contributed by atoms with Crippen molar-refractivity contribution in [1.29, 1.82) is 0 Å². The quantitative estimate of drug-likeness (QED) is 0.784. The van der Waals surface area contributed by atoms with E-state index in [0.717, 1.165) is 17.7 Å². The van der Waals surface area contributed by atoms with E-state index in [4.69, 9.17) is 11.6 Å². The molecule has 1 aliphatic heterocycles. The number of rotatable bonds is 3. The van der Waals surface area contributed by atoms with E-state index < -0.39 is 10.0 Å². The lowest BCUT2D eigenvalue weighted by Crippen LogP contribution is -2.43. The van der Waals surface area contributed by atoms with E-state index in [2.05, 4.69) is 9.88 Å². The normalized spacial score (nSPS) is 19.0. The molecule has 5 nitrogen and oxygen atoms in total. The molecule has 0 radical (unpaired) electrons. The second kappa shape index (κ2) is 6.70. The van der Waals surface area contributed by atoms with Crippen molar-refractivity contribution >= 4 is 27.3 Å². The molecule has 0 fully saturated rings. The van der Waals surface area contributed by atoms with Crippen LogP contribution in [0.4, 0.5) is 5.69 Å². The van der Waals surface area contributed by atoms with Gasteiger partial charge >= 0.3 is 0 Å². The number of sulfonamides is 1. The monoisotopic (exact) mass is 365 g/mol. The molecular weight excluding hydrogens is 346 g/mol. The third-order valence-electron chi connectivity index (χ3n) is 4.40. The summed E-state index contributed by atoms with van der Waals surface area (Å²) in [5, 5.41) is 0.280. The molecule has 2 heterocycles. The van der Waals surface area contributed by atoms with Crippen LogP contribution in [0.25, 0.3) is 0 Å². The molecule has 1 atom stereocenters. The van der Waals surface area contributed by atoms with Crippen LogP contribution in [-0.4, -0.2) is 37.3 Å². The Labute approximate surface area is 147 Å². The SMILES string of the molecule is CC[C@H]1CN(C)c2ccccc2CN1S(=O)(=O)c1ccc(Cl)nc1. The van der Waals surface area contributed by atoms with Crippen molar-refractivity contribution in [2.45, 2.75) is 30.8 Å². The van der Waals surface area contributed by atoms with Gasteiger partial charge in [0.15, 0.2) is 0 Å². The van der Waals surface area contributed by atoms with Gasteiger partial charge in [0.1, 0.15) is 10.0 Å². The van der Waals surface area contributed by atoms with Gasteiger partial charge in [-0.1, -0.05) is 36.7 Å². The number of hydrogen-bond donors (Lipinski definition) is 0. The second-order valence-corrected chi connectivity index (χ2v) is 8.22. The number of hydrogen-bond acceptors (Lipinski definition) is 4. The topological polar surface area (TPSA) is 53.5 Å². The second-order valence-electron chi connectivity index (χ2n) is 5.94. The Morgan fingerprint density at radius 3 is 2.67 bits per heavy atom. The van der Waals surface area contributed by atoms with E-state index >= 15 is 0 Å². The molecule has 0 spiro atoms. The molecule has 0 amide bonds. The highest BCUT2D eigenvalue weighted by Crippen LogP contribution is 2.31. The smallest absolute Gasteiger partial charge is 0.245 e. The summed E-state index contributed by atoms with van der Waals surface area (Å²) in [6.07, 6.45) is 2.06. The zero-order chi connectivity index (χ0) is 17.3. The summed E-state index contributed by atoms with van der Waals surface area (Å²) in [6.45, 7) is 3.01. The molecule has 0 saturated heterocycles. The zero-order valence-electron chi connectivity index (χ0n) is 13.7. The van der Waals surface area contributed by atoms with Gasteiger partial charge < -0.3 is 4.90 Å². The Kier molecular flexibility index (Phi) is 4.80. The summed E-state index contributed by atoms with van der Waals surface area (Å²) in [4.78, 5) is 6.22. The van der Waals surface area contributed by atoms with Gasteiger partial charge in [-0.05, 0) is 30.2 Å². The first-order valence-corrected chi connectivity index (χ1v) is 9.67. The maximum absolute atomic E-state index is 13.2. The van der Waals surface area contributed by atoms with Crippen LogP contribution < -0.4 is 4.90 Å². The molecule has 1 aromatic carbocycles. The van der Waals surface area contributed by atoms with Crippen molar-refractivity contribution in [3.63, 3.8) is 0 Å². The minimum absolute atomic E-state index is 0.108. The minimum atomic E-state index is -3.64. The van der Waals surface area contributed by atoms with Gasteiger partial charge in [-0.3, -0.25) is 0 Å². The van der Waals surface area contributed by atoms with Crippen LogP contribution in [0, 0.1) is 0 Å². The van der Waals surface area contributed by atoms with Crippen LogP contribution >= 0.6 is 11.6 Å². The first kappa shape index (κ1) is 17.2. The van der Waals surface area contributed by atoms with Crippen molar-refractivity contribution in [2.75, 3.05) is 18.5 Å². The number of para-hydroxylation sites is 1. The molecule has 7 heteroatoms. The van der Waals surface area contributed by atoms with Crippen LogP contribution in [0.5, 0.6) is 0 Å². The molecule has 0 bridgehead atoms. The lowest BCUT2D eigenvalue weighted by Gasteiger charge is -2.29. The molecule has 0 N–H and O–H groups in total. The standard InChI is InChI=1S/C17H20ClN3O2S/c1-3-14-12-20(2)16-7-5-4-6-13(16)11-21(14)24(22,23)15-8-9-17(18)19-10-15/h4-10,14H,3,11-12H2,1-2H3/t14-/m0/s1. The van der Waals surface area contributed by atoms with E-state index in [9.17, 15) is 8.42 Å². The lowest BCUT2D eigenvalue weighted by molar-refractivity contribution is 0.315. The first-order chi connectivity index (χ1) is 11.4. The van der Waals surface area contributed by atoms with Crippen molar-refractivity contribution in [1.82, 2.24) is 9.29 Å². The molecule has 3 rings (SSSR count). The highest BCUT2D eigenvalue weighted by atomic mass is 35.5. The van der Waals surface area contributed by atoms with Crippen molar-refractivity contribution in [2.24, 2.45) is 0 Å². The van der Waals surface area contributed by atoms with Gasteiger partial charge in [-0.15, -0.1) is 0 Å². The minimum Gasteiger partial charge on any atom is -0.373 e. The first-order valence-electron chi connectivity index (χ1n) is 7.86. The van der Waals surface area contributed by atoms with Gasteiger partial charge in [0, 0.05) is 38.1 Å². The summed E-state index contributed by atoms with van der Waals surface area (Å²) in [7, 11) is -1.64. The Bertz CT molecular complexity index is 824. The van der Waals surface area contributed by atoms with Crippen molar-refractivity contribution in [3.8, 4) is 0 Å². The fraction of sp³-hybridized carbons (Fsp3) is 0.353. The predicted octanol–water partition coefficient (Wildman–Crippen LogP) is 3.15. The molecular formula is C17H20ClN3O2S. The number of aromatic nitrogens is 1. The summed E-state index contributed by atoms with van der Waals surface area (Å²) >= 11 is 5.79. The molecule has 0 unspecified atom stereocenters. The number of benzene rings is 1. The molecule has 0 saturated carbocycles. The van der Waals surface area contributed by atoms with Crippen LogP contribution in [0.2, 0.25) is 5.15 Å². The maximum atomic E-state index is 13.2. The average Bonchev–Trinajstić information content (AvgIpc) is 2.72. The molecule has 1 aromatic heterocycles. The summed E-state index contributed by atoms with van der Waals surface area (Å²) < 4.78 is 27.9. The van der Waals surface area contributed by atoms with Crippen molar-refractivity contribution in [3.05, 3.63) is 53.3 Å². The largest absolute Gasteiger partial charge is 0.373 e. The third-order valence-corrected chi connectivity index (χ3v) is 6.50. The molecule has 24 heavy (non-hydrogen) atoms. The third kappa shape index (κ3) is 3.14. The highest BCUT2D eigenvalue weighted by Gasteiger charge is 2.34. The van der Waals surface area contributed by atoms with Crippen LogP contribution in [-0.2, 0) is 16.6 Å². The number of anilines is 1. The molecule has 128 valence electrons. The molecule has 1 aliphatic rings. The number of likely N-dealkylation sites (N-methyl/N-ethyl adjacent to an activating group) is 1. The Balaban J connectivity index is 2.05. The Hall–Kier alpha value is -1.63. The van der Waals surface area contributed by atoms with Crippen LogP contribution in [0.15, 0.2) is 47.5 Å². The van der Waals surface area contributed by atoms with Gasteiger partial charge in [-0.25, -0.2) is 13.4 Å². The van der Waals surface area contributed by atoms with E-state index in [1.807, 2.05) is 38.2 Å². The number of halogens is 1. The fourth-order valence-electron chi connectivity index (χ4n) is 3.08. The Morgan fingerprint density at radius 2 is 2.00 bits per heavy atom. The van der Waals surface area contributed by atoms with Crippen LogP contribution in [0.3, 0.4) is 0 Å². The van der Waals surface area contributed by atoms with E-state index in [0.29, 0.717) is 13.1 Å².